The first-order valence-corrected chi connectivity index (χ1v) is 4.20. The van der Waals surface area contributed by atoms with Crippen molar-refractivity contribution in [2.75, 3.05) is 11.5 Å². The molecule has 0 atom stereocenters. The van der Waals surface area contributed by atoms with E-state index in [0.717, 1.165) is 0 Å². The number of hydrogen-bond donors (Lipinski definition) is 2. The fraction of sp³-hybridized carbons (Fsp3) is 0. The maximum absolute atomic E-state index is 11.2. The number of nitrogen functional groups attached to an aromatic ring is 2. The molecule has 2 heterocycles. The van der Waals surface area contributed by atoms with Gasteiger partial charge in [-0.1, -0.05) is 11.6 Å². The van der Waals surface area contributed by atoms with Crippen molar-refractivity contribution >= 4 is 28.8 Å². The van der Waals surface area contributed by atoms with E-state index in [-0.39, 0.29) is 11.5 Å². The highest BCUT2D eigenvalue weighted by molar-refractivity contribution is 6.30. The van der Waals surface area contributed by atoms with Crippen LogP contribution in [0.2, 0.25) is 5.02 Å². The zero-order valence-corrected chi connectivity index (χ0v) is 7.82. The number of pyridine rings is 1. The zero-order valence-electron chi connectivity index (χ0n) is 7.07. The van der Waals surface area contributed by atoms with Crippen molar-refractivity contribution < 1.29 is 0 Å². The quantitative estimate of drug-likeness (QED) is 0.664. The highest BCUT2D eigenvalue weighted by Gasteiger charge is 2.06. The molecule has 0 unspecified atom stereocenters. The maximum atomic E-state index is 11.2. The molecule has 72 valence electrons. The summed E-state index contributed by atoms with van der Waals surface area (Å²) in [4.78, 5) is 14.9. The number of hydrogen-bond acceptors (Lipinski definition) is 4. The first-order chi connectivity index (χ1) is 6.59. The minimum Gasteiger partial charge on any atom is -0.391 e. The molecule has 0 aliphatic heterocycles. The molecule has 0 amide bonds. The van der Waals surface area contributed by atoms with Gasteiger partial charge in [-0.2, -0.15) is 4.98 Å². The van der Waals surface area contributed by atoms with Crippen molar-refractivity contribution in [3.05, 3.63) is 33.7 Å². The Kier molecular flexibility index (Phi) is 1.82. The maximum Gasteiger partial charge on any atom is 0.298 e. The molecule has 0 radical (unpaired) electrons. The average molecular weight is 211 g/mol. The normalized spacial score (nSPS) is 10.6. The minimum absolute atomic E-state index is 0.0650. The summed E-state index contributed by atoms with van der Waals surface area (Å²) < 4.78 is 1.47. The van der Waals surface area contributed by atoms with Crippen molar-refractivity contribution in [2.24, 2.45) is 0 Å². The molecular formula is C8H7ClN4O. The van der Waals surface area contributed by atoms with E-state index in [1.807, 2.05) is 0 Å². The van der Waals surface area contributed by atoms with Gasteiger partial charge in [-0.15, -0.1) is 0 Å². The molecule has 0 aliphatic rings. The summed E-state index contributed by atoms with van der Waals surface area (Å²) in [5.41, 5.74) is 10.9. The Morgan fingerprint density at radius 1 is 1.36 bits per heavy atom. The van der Waals surface area contributed by atoms with E-state index in [0.29, 0.717) is 10.7 Å². The van der Waals surface area contributed by atoms with Gasteiger partial charge in [-0.3, -0.25) is 9.20 Å². The van der Waals surface area contributed by atoms with Crippen LogP contribution in [0.25, 0.3) is 5.65 Å². The van der Waals surface area contributed by atoms with Crippen LogP contribution in [-0.4, -0.2) is 9.38 Å². The van der Waals surface area contributed by atoms with Gasteiger partial charge in [0.15, 0.2) is 0 Å². The van der Waals surface area contributed by atoms with E-state index in [1.165, 1.54) is 4.40 Å². The predicted molar refractivity (Wildman–Crippen MR) is 55.3 cm³/mol. The molecule has 0 saturated heterocycles. The standard InChI is InChI=1S/C8H7ClN4O/c9-4-1-2-5-12-8(14)6(10)7(11)13(5)3-4/h1-3H,10-11H2. The van der Waals surface area contributed by atoms with Crippen molar-refractivity contribution in [3.8, 4) is 0 Å². The van der Waals surface area contributed by atoms with Gasteiger partial charge in [-0.25, -0.2) is 0 Å². The summed E-state index contributed by atoms with van der Waals surface area (Å²) in [6, 6.07) is 3.22. The predicted octanol–water partition coefficient (Wildman–Crippen LogP) is 0.512. The fourth-order valence-corrected chi connectivity index (χ4v) is 1.32. The van der Waals surface area contributed by atoms with Crippen LogP contribution in [0.1, 0.15) is 0 Å². The molecule has 2 aromatic heterocycles. The first kappa shape index (κ1) is 8.83. The van der Waals surface area contributed by atoms with Gasteiger partial charge >= 0.3 is 0 Å². The molecule has 5 nitrogen and oxygen atoms in total. The number of aromatic nitrogens is 2. The van der Waals surface area contributed by atoms with Crippen LogP contribution < -0.4 is 17.0 Å². The van der Waals surface area contributed by atoms with Crippen molar-refractivity contribution in [1.29, 1.82) is 0 Å². The van der Waals surface area contributed by atoms with Crippen LogP contribution in [-0.2, 0) is 0 Å². The van der Waals surface area contributed by atoms with Crippen molar-refractivity contribution in [3.63, 3.8) is 0 Å². The van der Waals surface area contributed by atoms with Gasteiger partial charge in [0.2, 0.25) is 0 Å². The van der Waals surface area contributed by atoms with Crippen LogP contribution in [0, 0.1) is 0 Å². The lowest BCUT2D eigenvalue weighted by Gasteiger charge is -2.06. The fourth-order valence-electron chi connectivity index (χ4n) is 1.15. The Labute approximate surface area is 83.9 Å². The second-order valence-electron chi connectivity index (χ2n) is 2.79. The van der Waals surface area contributed by atoms with E-state index in [1.54, 1.807) is 18.3 Å². The van der Waals surface area contributed by atoms with Gasteiger partial charge in [-0.05, 0) is 12.1 Å². The van der Waals surface area contributed by atoms with Crippen LogP contribution in [0.15, 0.2) is 23.1 Å². The van der Waals surface area contributed by atoms with E-state index < -0.39 is 5.56 Å². The van der Waals surface area contributed by atoms with Gasteiger partial charge in [0, 0.05) is 6.20 Å². The molecule has 4 N–H and O–H groups in total. The van der Waals surface area contributed by atoms with E-state index in [4.69, 9.17) is 23.1 Å². The van der Waals surface area contributed by atoms with Crippen LogP contribution >= 0.6 is 11.6 Å². The van der Waals surface area contributed by atoms with Crippen LogP contribution in [0.4, 0.5) is 11.5 Å². The molecule has 0 fully saturated rings. The second-order valence-corrected chi connectivity index (χ2v) is 3.23. The second kappa shape index (κ2) is 2.88. The molecule has 14 heavy (non-hydrogen) atoms. The lowest BCUT2D eigenvalue weighted by Crippen LogP contribution is -2.18. The number of nitrogens with zero attached hydrogens (tertiary/aromatic N) is 2. The SMILES string of the molecule is Nc1c(N)n2cc(Cl)ccc2nc1=O. The summed E-state index contributed by atoms with van der Waals surface area (Å²) >= 11 is 5.76. The van der Waals surface area contributed by atoms with Gasteiger partial charge in [0.25, 0.3) is 5.56 Å². The van der Waals surface area contributed by atoms with E-state index >= 15 is 0 Å². The van der Waals surface area contributed by atoms with E-state index in [2.05, 4.69) is 4.98 Å². The topological polar surface area (TPSA) is 86.4 Å². The lowest BCUT2D eigenvalue weighted by atomic mass is 10.4. The number of nitrogens with two attached hydrogens (primary N) is 2. The highest BCUT2D eigenvalue weighted by atomic mass is 35.5. The molecule has 0 bridgehead atoms. The summed E-state index contributed by atoms with van der Waals surface area (Å²) in [6.45, 7) is 0. The zero-order chi connectivity index (χ0) is 10.3. The molecular weight excluding hydrogens is 204 g/mol. The highest BCUT2D eigenvalue weighted by Crippen LogP contribution is 2.14. The third-order valence-corrected chi connectivity index (χ3v) is 2.10. The Hall–Kier alpha value is -1.75. The summed E-state index contributed by atoms with van der Waals surface area (Å²) in [7, 11) is 0. The summed E-state index contributed by atoms with van der Waals surface area (Å²) in [5.74, 6) is 0.155. The molecule has 6 heteroatoms. The third kappa shape index (κ3) is 1.18. The van der Waals surface area contributed by atoms with Crippen LogP contribution in [0.5, 0.6) is 0 Å². The number of rotatable bonds is 0. The summed E-state index contributed by atoms with van der Waals surface area (Å²) in [6.07, 6.45) is 1.55. The number of anilines is 2. The number of halogens is 1. The molecule has 0 aromatic carbocycles. The average Bonchev–Trinajstić information content (AvgIpc) is 2.16. The molecule has 2 aromatic rings. The molecule has 0 spiro atoms. The number of fused-ring (bicyclic) bond motifs is 1. The Bertz CT molecular complexity index is 563. The summed E-state index contributed by atoms with van der Waals surface area (Å²) in [5, 5.41) is 0.494. The van der Waals surface area contributed by atoms with Crippen molar-refractivity contribution in [2.45, 2.75) is 0 Å². The van der Waals surface area contributed by atoms with Gasteiger partial charge in [0.1, 0.15) is 17.2 Å². The molecule has 0 aliphatic carbocycles. The molecule has 0 saturated carbocycles. The smallest absolute Gasteiger partial charge is 0.298 e. The third-order valence-electron chi connectivity index (χ3n) is 1.87. The Morgan fingerprint density at radius 2 is 2.07 bits per heavy atom. The minimum atomic E-state index is -0.523. The van der Waals surface area contributed by atoms with Gasteiger partial charge < -0.3 is 11.5 Å². The molecule has 2 rings (SSSR count). The first-order valence-electron chi connectivity index (χ1n) is 3.82. The van der Waals surface area contributed by atoms with Crippen molar-refractivity contribution in [1.82, 2.24) is 9.38 Å². The Balaban J connectivity index is 2.99. The monoisotopic (exact) mass is 210 g/mol. The van der Waals surface area contributed by atoms with Gasteiger partial charge in [0.05, 0.1) is 5.02 Å². The van der Waals surface area contributed by atoms with Crippen LogP contribution in [0.3, 0.4) is 0 Å². The van der Waals surface area contributed by atoms with E-state index in [9.17, 15) is 4.79 Å². The Morgan fingerprint density at radius 3 is 2.79 bits per heavy atom. The largest absolute Gasteiger partial charge is 0.391 e. The lowest BCUT2D eigenvalue weighted by molar-refractivity contribution is 1.09.